The van der Waals surface area contributed by atoms with Gasteiger partial charge in [0.1, 0.15) is 19.3 Å². The van der Waals surface area contributed by atoms with Gasteiger partial charge in [-0.15, -0.1) is 0 Å². The van der Waals surface area contributed by atoms with Gasteiger partial charge >= 0.3 is 5.97 Å². The highest BCUT2D eigenvalue weighted by Crippen LogP contribution is 2.38. The van der Waals surface area contributed by atoms with Crippen LogP contribution in [0.3, 0.4) is 0 Å². The molecule has 0 aromatic carbocycles. The molecule has 9 nitrogen and oxygen atoms in total. The molecular formula is C61H103N2O7P. The van der Waals surface area contributed by atoms with Crippen LogP contribution in [0.25, 0.3) is 0 Å². The average molecular weight is 1010 g/mol. The molecule has 0 aromatic rings. The fourth-order valence-electron chi connectivity index (χ4n) is 7.32. The highest BCUT2D eigenvalue weighted by molar-refractivity contribution is 7.45. The van der Waals surface area contributed by atoms with Crippen LogP contribution in [0.15, 0.2) is 122 Å². The molecule has 1 amide bonds. The zero-order chi connectivity index (χ0) is 52.2. The molecule has 0 heterocycles. The van der Waals surface area contributed by atoms with E-state index in [1.54, 1.807) is 6.08 Å². The number of quaternary nitrogens is 1. The van der Waals surface area contributed by atoms with Crippen molar-refractivity contribution in [1.29, 1.82) is 0 Å². The van der Waals surface area contributed by atoms with Gasteiger partial charge in [0, 0.05) is 12.8 Å². The Balaban J connectivity index is 5.52. The largest absolute Gasteiger partial charge is 0.756 e. The van der Waals surface area contributed by atoms with Crippen molar-refractivity contribution >= 4 is 19.7 Å². The quantitative estimate of drug-likeness (QED) is 0.0161. The number of phosphoric acid groups is 1. The van der Waals surface area contributed by atoms with Crippen LogP contribution in [0.1, 0.15) is 201 Å². The summed E-state index contributed by atoms with van der Waals surface area (Å²) in [6, 6.07) is -0.921. The van der Waals surface area contributed by atoms with Gasteiger partial charge in [-0.25, -0.2) is 0 Å². The van der Waals surface area contributed by atoms with Gasteiger partial charge in [-0.2, -0.15) is 0 Å². The molecule has 404 valence electrons. The number of carbonyl (C=O) groups excluding carboxylic acids is 2. The van der Waals surface area contributed by atoms with Crippen molar-refractivity contribution in [2.24, 2.45) is 0 Å². The lowest BCUT2D eigenvalue weighted by Gasteiger charge is -2.30. The number of hydrogen-bond acceptors (Lipinski definition) is 7. The van der Waals surface area contributed by atoms with Gasteiger partial charge in [0.2, 0.25) is 5.91 Å². The minimum atomic E-state index is -4.72. The van der Waals surface area contributed by atoms with Gasteiger partial charge in [-0.05, 0) is 70.3 Å². The van der Waals surface area contributed by atoms with Crippen LogP contribution in [0.4, 0.5) is 0 Å². The van der Waals surface area contributed by atoms with Crippen molar-refractivity contribution in [3.05, 3.63) is 122 Å². The molecule has 0 saturated carbocycles. The molecule has 0 spiro atoms. The van der Waals surface area contributed by atoms with Crippen molar-refractivity contribution in [2.75, 3.05) is 40.9 Å². The van der Waals surface area contributed by atoms with Crippen LogP contribution < -0.4 is 10.2 Å². The smallest absolute Gasteiger partial charge is 0.306 e. The molecule has 0 bridgehead atoms. The second-order valence-corrected chi connectivity index (χ2v) is 20.9. The van der Waals surface area contributed by atoms with Gasteiger partial charge in [0.05, 0.1) is 33.8 Å². The Kier molecular flexibility index (Phi) is 47.4. The Morgan fingerprint density at radius 1 is 0.507 bits per heavy atom. The topological polar surface area (TPSA) is 114 Å². The van der Waals surface area contributed by atoms with E-state index in [1.807, 2.05) is 88.0 Å². The maximum absolute atomic E-state index is 13.5. The lowest BCUT2D eigenvalue weighted by atomic mass is 10.0. The van der Waals surface area contributed by atoms with Crippen molar-refractivity contribution in [3.8, 4) is 0 Å². The number of unbranched alkanes of at least 4 members (excludes halogenated alkanes) is 21. The molecule has 0 aliphatic heterocycles. The number of nitrogens with one attached hydrogen (secondary N) is 1. The van der Waals surface area contributed by atoms with E-state index in [-0.39, 0.29) is 25.4 Å². The molecule has 0 fully saturated rings. The number of esters is 1. The van der Waals surface area contributed by atoms with Crippen LogP contribution in [0, 0.1) is 0 Å². The SMILES string of the molecule is CC\C=C/C=C/C=C/C=C\C=C\C=C\CCCCCC(=O)OC(/C=C/CCCCCCCCCCCCC)C(COP(=O)([O-])OCC[N+](C)(C)C)NC(=O)CCCCCCCCC/C=C/C=C/C=C/CC. The number of ether oxygens (including phenoxy) is 1. The van der Waals surface area contributed by atoms with Gasteiger partial charge in [0.25, 0.3) is 7.82 Å². The molecule has 0 radical (unpaired) electrons. The molecule has 0 rings (SSSR count). The molecule has 0 aliphatic rings. The zero-order valence-electron chi connectivity index (χ0n) is 45.9. The fourth-order valence-corrected chi connectivity index (χ4v) is 8.04. The summed E-state index contributed by atoms with van der Waals surface area (Å²) in [5, 5.41) is 3.00. The van der Waals surface area contributed by atoms with Crippen LogP contribution in [0.2, 0.25) is 0 Å². The predicted molar refractivity (Wildman–Crippen MR) is 302 cm³/mol. The summed E-state index contributed by atoms with van der Waals surface area (Å²) in [7, 11) is 1.13. The first-order valence-corrected chi connectivity index (χ1v) is 29.4. The molecule has 3 atom stereocenters. The number of rotatable bonds is 48. The Bertz CT molecular complexity index is 1630. The van der Waals surface area contributed by atoms with E-state index < -0.39 is 32.5 Å². The maximum atomic E-state index is 13.5. The van der Waals surface area contributed by atoms with Crippen molar-refractivity contribution in [1.82, 2.24) is 5.32 Å². The van der Waals surface area contributed by atoms with Crippen LogP contribution >= 0.6 is 7.82 Å². The highest BCUT2D eigenvalue weighted by atomic mass is 31.2. The zero-order valence-corrected chi connectivity index (χ0v) is 46.8. The fraction of sp³-hybridized carbons (Fsp3) is 0.639. The third-order valence-corrected chi connectivity index (χ3v) is 12.6. The monoisotopic (exact) mass is 1010 g/mol. The summed E-state index contributed by atoms with van der Waals surface area (Å²) in [6.45, 7) is 6.50. The van der Waals surface area contributed by atoms with E-state index in [0.717, 1.165) is 77.0 Å². The van der Waals surface area contributed by atoms with Crippen LogP contribution in [0.5, 0.6) is 0 Å². The van der Waals surface area contributed by atoms with Gasteiger partial charge in [-0.3, -0.25) is 14.2 Å². The number of phosphoric ester groups is 1. The summed E-state index contributed by atoms with van der Waals surface area (Å²) in [6.07, 6.45) is 68.7. The van der Waals surface area contributed by atoms with Crippen LogP contribution in [-0.2, 0) is 27.9 Å². The number of amides is 1. The third kappa shape index (κ3) is 51.1. The summed E-state index contributed by atoms with van der Waals surface area (Å²) >= 11 is 0. The van der Waals surface area contributed by atoms with Crippen molar-refractivity contribution in [2.45, 2.75) is 213 Å². The first-order valence-electron chi connectivity index (χ1n) is 28.0. The first kappa shape index (κ1) is 67.4. The van der Waals surface area contributed by atoms with E-state index in [0.29, 0.717) is 23.9 Å². The Labute approximate surface area is 435 Å². The number of carbonyl (C=O) groups is 2. The van der Waals surface area contributed by atoms with Gasteiger partial charge in [-0.1, -0.05) is 239 Å². The van der Waals surface area contributed by atoms with E-state index in [4.69, 9.17) is 13.8 Å². The maximum Gasteiger partial charge on any atom is 0.306 e. The van der Waals surface area contributed by atoms with E-state index >= 15 is 0 Å². The molecule has 0 saturated heterocycles. The van der Waals surface area contributed by atoms with E-state index in [2.05, 4.69) is 74.7 Å². The van der Waals surface area contributed by atoms with E-state index in [9.17, 15) is 19.0 Å². The molecule has 1 N–H and O–H groups in total. The second kappa shape index (κ2) is 50.0. The number of nitrogens with zero attached hydrogens (tertiary/aromatic N) is 1. The summed E-state index contributed by atoms with van der Waals surface area (Å²) in [4.78, 5) is 39.8. The number of likely N-dealkylation sites (N-methyl/N-ethyl adjacent to an activating group) is 1. The van der Waals surface area contributed by atoms with E-state index in [1.165, 1.54) is 77.0 Å². The lowest BCUT2D eigenvalue weighted by molar-refractivity contribution is -0.870. The Hall–Kier alpha value is -3.59. The molecule has 3 unspecified atom stereocenters. The van der Waals surface area contributed by atoms with Gasteiger partial charge < -0.3 is 28.5 Å². The molecule has 0 aromatic heterocycles. The highest BCUT2D eigenvalue weighted by Gasteiger charge is 2.27. The number of hydrogen-bond donors (Lipinski definition) is 1. The molecular weight excluding hydrogens is 904 g/mol. The molecule has 71 heavy (non-hydrogen) atoms. The molecule has 10 heteroatoms. The van der Waals surface area contributed by atoms with Crippen molar-refractivity contribution in [3.63, 3.8) is 0 Å². The average Bonchev–Trinajstić information content (AvgIpc) is 3.33. The predicted octanol–water partition coefficient (Wildman–Crippen LogP) is 16.1. The van der Waals surface area contributed by atoms with Gasteiger partial charge in [0.15, 0.2) is 0 Å². The molecule has 0 aliphatic carbocycles. The summed E-state index contributed by atoms with van der Waals surface area (Å²) in [5.74, 6) is -0.617. The van der Waals surface area contributed by atoms with Crippen molar-refractivity contribution < 1.29 is 37.3 Å². The second-order valence-electron chi connectivity index (χ2n) is 19.5. The summed E-state index contributed by atoms with van der Waals surface area (Å²) in [5.41, 5.74) is 0. The standard InChI is InChI=1S/C61H103N2O7P/c1-7-10-13-16-19-22-25-28-30-31-33-36-39-42-45-48-51-54-61(65)70-59(52-49-46-43-40-37-34-27-24-21-18-15-12-9-3)58(57-69-71(66,67)68-56-55-63(4,5)6)62-60(64)53-50-47-44-41-38-35-32-29-26-23-20-17-14-11-8-2/h10-11,13-14,16-17,19-20,22-23,25-26,28,30-31,33,36,39,49,52,58-59H,7-9,12,15,18,21,24,27,29,32,34-35,37-38,40-48,50-51,53-57H2,1-6H3,(H-,62,64,66,67)/b13-10-,14-11+,19-16+,20-17+,25-22+,26-23+,30-28-,33-31+,39-36+,52-49+. The Morgan fingerprint density at radius 3 is 1.37 bits per heavy atom. The van der Waals surface area contributed by atoms with Crippen LogP contribution in [-0.4, -0.2) is 69.4 Å². The lowest BCUT2D eigenvalue weighted by Crippen LogP contribution is -2.47. The third-order valence-electron chi connectivity index (χ3n) is 11.6. The normalized spacial score (nSPS) is 14.7. The Morgan fingerprint density at radius 2 is 0.901 bits per heavy atom. The number of allylic oxidation sites excluding steroid dienone is 19. The summed E-state index contributed by atoms with van der Waals surface area (Å²) < 4.78 is 30.2. The minimum absolute atomic E-state index is 0.0396. The first-order chi connectivity index (χ1) is 34.4. The minimum Gasteiger partial charge on any atom is -0.756 e.